The highest BCUT2D eigenvalue weighted by atomic mass is 35.5. The SMILES string of the molecule is COCCOc1cccc(NC(=O)C2(N)CCC2)c1.Cl. The molecule has 0 aliphatic heterocycles. The van der Waals surface area contributed by atoms with Crippen molar-refractivity contribution in [2.24, 2.45) is 5.73 Å². The van der Waals surface area contributed by atoms with Crippen molar-refractivity contribution in [2.45, 2.75) is 24.8 Å². The van der Waals surface area contributed by atoms with Crippen molar-refractivity contribution in [3.8, 4) is 5.75 Å². The Labute approximate surface area is 125 Å². The third-order valence-electron chi connectivity index (χ3n) is 3.35. The Morgan fingerprint density at radius 1 is 1.40 bits per heavy atom. The average molecular weight is 301 g/mol. The Morgan fingerprint density at radius 2 is 2.15 bits per heavy atom. The first-order valence-electron chi connectivity index (χ1n) is 6.46. The molecule has 1 aliphatic carbocycles. The number of anilines is 1. The van der Waals surface area contributed by atoms with E-state index in [-0.39, 0.29) is 18.3 Å². The fourth-order valence-electron chi connectivity index (χ4n) is 1.95. The van der Waals surface area contributed by atoms with Crippen molar-refractivity contribution in [3.63, 3.8) is 0 Å². The van der Waals surface area contributed by atoms with Gasteiger partial charge >= 0.3 is 0 Å². The lowest BCUT2D eigenvalue weighted by Gasteiger charge is -2.36. The first-order valence-corrected chi connectivity index (χ1v) is 6.46. The number of carbonyl (C=O) groups excluding carboxylic acids is 1. The van der Waals surface area contributed by atoms with Gasteiger partial charge < -0.3 is 20.5 Å². The molecule has 1 fully saturated rings. The van der Waals surface area contributed by atoms with Crippen molar-refractivity contribution >= 4 is 24.0 Å². The number of hydrogen-bond donors (Lipinski definition) is 2. The lowest BCUT2D eigenvalue weighted by atomic mass is 9.77. The van der Waals surface area contributed by atoms with E-state index in [4.69, 9.17) is 15.2 Å². The molecule has 1 aromatic rings. The normalized spacial score (nSPS) is 15.7. The third kappa shape index (κ3) is 4.10. The van der Waals surface area contributed by atoms with Crippen molar-refractivity contribution < 1.29 is 14.3 Å². The minimum atomic E-state index is -0.688. The summed E-state index contributed by atoms with van der Waals surface area (Å²) in [5.74, 6) is 0.585. The van der Waals surface area contributed by atoms with Gasteiger partial charge in [-0.1, -0.05) is 6.07 Å². The first kappa shape index (κ1) is 16.8. The van der Waals surface area contributed by atoms with E-state index in [2.05, 4.69) is 5.32 Å². The molecule has 20 heavy (non-hydrogen) atoms. The summed E-state index contributed by atoms with van der Waals surface area (Å²) in [6, 6.07) is 7.29. The topological polar surface area (TPSA) is 73.6 Å². The van der Waals surface area contributed by atoms with Crippen molar-refractivity contribution in [1.82, 2.24) is 0 Å². The molecule has 0 spiro atoms. The maximum atomic E-state index is 12.0. The number of benzene rings is 1. The molecule has 1 aliphatic rings. The summed E-state index contributed by atoms with van der Waals surface area (Å²) in [5.41, 5.74) is 5.99. The van der Waals surface area contributed by atoms with Gasteiger partial charge in [0.05, 0.1) is 12.1 Å². The van der Waals surface area contributed by atoms with Crippen LogP contribution in [0.15, 0.2) is 24.3 Å². The molecule has 0 saturated heterocycles. The molecule has 112 valence electrons. The molecule has 3 N–H and O–H groups in total. The van der Waals surface area contributed by atoms with Crippen LogP contribution in [0.1, 0.15) is 19.3 Å². The lowest BCUT2D eigenvalue weighted by Crippen LogP contribution is -2.56. The Morgan fingerprint density at radius 3 is 2.75 bits per heavy atom. The highest BCUT2D eigenvalue weighted by molar-refractivity contribution is 5.98. The second-order valence-corrected chi connectivity index (χ2v) is 4.83. The summed E-state index contributed by atoms with van der Waals surface area (Å²) in [4.78, 5) is 12.0. The predicted molar refractivity (Wildman–Crippen MR) is 80.5 cm³/mol. The summed E-state index contributed by atoms with van der Waals surface area (Å²) in [7, 11) is 1.62. The van der Waals surface area contributed by atoms with E-state index < -0.39 is 5.54 Å². The zero-order valence-electron chi connectivity index (χ0n) is 11.6. The van der Waals surface area contributed by atoms with E-state index >= 15 is 0 Å². The van der Waals surface area contributed by atoms with E-state index in [1.165, 1.54) is 0 Å². The van der Waals surface area contributed by atoms with Gasteiger partial charge in [0, 0.05) is 18.9 Å². The van der Waals surface area contributed by atoms with Crippen LogP contribution >= 0.6 is 12.4 Å². The largest absolute Gasteiger partial charge is 0.491 e. The number of nitrogens with one attached hydrogen (secondary N) is 1. The number of nitrogens with two attached hydrogens (primary N) is 1. The Hall–Kier alpha value is -1.30. The van der Waals surface area contributed by atoms with Crippen LogP contribution in [0, 0.1) is 0 Å². The number of hydrogen-bond acceptors (Lipinski definition) is 4. The molecule has 0 aromatic heterocycles. The maximum absolute atomic E-state index is 12.0. The smallest absolute Gasteiger partial charge is 0.244 e. The summed E-state index contributed by atoms with van der Waals surface area (Å²) < 4.78 is 10.4. The molecule has 0 bridgehead atoms. The van der Waals surface area contributed by atoms with E-state index in [1.54, 1.807) is 13.2 Å². The lowest BCUT2D eigenvalue weighted by molar-refractivity contribution is -0.123. The fourth-order valence-corrected chi connectivity index (χ4v) is 1.95. The second-order valence-electron chi connectivity index (χ2n) is 4.83. The van der Waals surface area contributed by atoms with Gasteiger partial charge in [-0.3, -0.25) is 4.79 Å². The Balaban J connectivity index is 0.00000200. The number of amides is 1. The van der Waals surface area contributed by atoms with Crippen LogP contribution < -0.4 is 15.8 Å². The summed E-state index contributed by atoms with van der Waals surface area (Å²) >= 11 is 0. The van der Waals surface area contributed by atoms with E-state index in [1.807, 2.05) is 18.2 Å². The molecule has 6 heteroatoms. The zero-order valence-corrected chi connectivity index (χ0v) is 12.4. The van der Waals surface area contributed by atoms with Crippen molar-refractivity contribution in [2.75, 3.05) is 25.6 Å². The van der Waals surface area contributed by atoms with E-state index in [0.29, 0.717) is 24.7 Å². The number of rotatable bonds is 6. The molecule has 0 radical (unpaired) electrons. The molecule has 0 atom stereocenters. The molecule has 1 aromatic carbocycles. The molecule has 5 nitrogen and oxygen atoms in total. The molecule has 1 amide bonds. The molecule has 2 rings (SSSR count). The van der Waals surface area contributed by atoms with Crippen molar-refractivity contribution in [3.05, 3.63) is 24.3 Å². The van der Waals surface area contributed by atoms with Crippen LogP contribution in [-0.4, -0.2) is 31.8 Å². The van der Waals surface area contributed by atoms with Gasteiger partial charge in [0.2, 0.25) is 5.91 Å². The van der Waals surface area contributed by atoms with E-state index in [0.717, 1.165) is 19.3 Å². The van der Waals surface area contributed by atoms with Gasteiger partial charge in [0.25, 0.3) is 0 Å². The highest BCUT2D eigenvalue weighted by Gasteiger charge is 2.40. The molecule has 0 unspecified atom stereocenters. The maximum Gasteiger partial charge on any atom is 0.244 e. The average Bonchev–Trinajstić information content (AvgIpc) is 2.36. The number of ether oxygens (including phenoxy) is 2. The van der Waals surface area contributed by atoms with Gasteiger partial charge in [-0.25, -0.2) is 0 Å². The van der Waals surface area contributed by atoms with Gasteiger partial charge in [-0.05, 0) is 31.4 Å². The Bertz CT molecular complexity index is 450. The summed E-state index contributed by atoms with van der Waals surface area (Å²) in [6.45, 7) is 1.01. The molecular formula is C14H21ClN2O3. The first-order chi connectivity index (χ1) is 9.14. The standard InChI is InChI=1S/C14H20N2O3.ClH/c1-18-8-9-19-12-5-2-4-11(10-12)16-13(17)14(15)6-3-7-14;/h2,4-5,10H,3,6-9,15H2,1H3,(H,16,17);1H. The highest BCUT2D eigenvalue weighted by Crippen LogP contribution is 2.30. The summed E-state index contributed by atoms with van der Waals surface area (Å²) in [5, 5.41) is 2.84. The fraction of sp³-hybridized carbons (Fsp3) is 0.500. The number of carbonyl (C=O) groups is 1. The van der Waals surface area contributed by atoms with Crippen LogP contribution in [0.4, 0.5) is 5.69 Å². The predicted octanol–water partition coefficient (Wildman–Crippen LogP) is 1.95. The second kappa shape index (κ2) is 7.47. The van der Waals surface area contributed by atoms with E-state index in [9.17, 15) is 4.79 Å². The third-order valence-corrected chi connectivity index (χ3v) is 3.35. The van der Waals surface area contributed by atoms with Crippen LogP contribution in [-0.2, 0) is 9.53 Å². The minimum Gasteiger partial charge on any atom is -0.491 e. The summed E-state index contributed by atoms with van der Waals surface area (Å²) in [6.07, 6.45) is 2.52. The number of methoxy groups -OCH3 is 1. The molecule has 1 saturated carbocycles. The quantitative estimate of drug-likeness (QED) is 0.788. The van der Waals surface area contributed by atoms with Gasteiger partial charge in [-0.2, -0.15) is 0 Å². The van der Waals surface area contributed by atoms with Crippen LogP contribution in [0.2, 0.25) is 0 Å². The minimum absolute atomic E-state index is 0. The van der Waals surface area contributed by atoms with Crippen LogP contribution in [0.25, 0.3) is 0 Å². The van der Waals surface area contributed by atoms with Gasteiger partial charge in [0.15, 0.2) is 0 Å². The molecule has 0 heterocycles. The van der Waals surface area contributed by atoms with Gasteiger partial charge in [0.1, 0.15) is 12.4 Å². The van der Waals surface area contributed by atoms with Crippen LogP contribution in [0.5, 0.6) is 5.75 Å². The monoisotopic (exact) mass is 300 g/mol. The molecular weight excluding hydrogens is 280 g/mol. The van der Waals surface area contributed by atoms with Crippen LogP contribution in [0.3, 0.4) is 0 Å². The Kier molecular flexibility index (Phi) is 6.26. The zero-order chi connectivity index (χ0) is 13.7. The van der Waals surface area contributed by atoms with Gasteiger partial charge in [-0.15, -0.1) is 12.4 Å². The number of halogens is 1. The van der Waals surface area contributed by atoms with Crippen molar-refractivity contribution in [1.29, 1.82) is 0 Å².